The number of nitrogens with one attached hydrogen (secondary N) is 1. The van der Waals surface area contributed by atoms with Crippen LogP contribution in [0.4, 0.5) is 0 Å². The van der Waals surface area contributed by atoms with Gasteiger partial charge in [0.2, 0.25) is 11.8 Å². The molecule has 0 aliphatic carbocycles. The van der Waals surface area contributed by atoms with Crippen LogP contribution in [0, 0.1) is 11.8 Å². The van der Waals surface area contributed by atoms with Crippen molar-refractivity contribution in [2.24, 2.45) is 11.8 Å². The molecule has 28 heavy (non-hydrogen) atoms. The molecule has 2 saturated heterocycles. The molecule has 0 aromatic heterocycles. The van der Waals surface area contributed by atoms with Crippen molar-refractivity contribution in [1.82, 2.24) is 15.1 Å². The second-order valence-corrected chi connectivity index (χ2v) is 8.55. The number of hydrogen-bond acceptors (Lipinski definition) is 3. The van der Waals surface area contributed by atoms with Gasteiger partial charge in [0.15, 0.2) is 0 Å². The van der Waals surface area contributed by atoms with E-state index in [0.29, 0.717) is 12.6 Å². The number of carbonyl (C=O) groups excluding carboxylic acids is 2. The number of benzene rings is 1. The molecule has 0 unspecified atom stereocenters. The standard InChI is InChI=1S/C23H35N3O2/c1-18(2)23(28)26-16-11-21(12-17-26)25-14-9-20(10-15-25)22(27)24-13-8-19-6-4-3-5-7-19/h3-7,18,20-21H,8-17H2,1-2H3,(H,24,27). The van der Waals surface area contributed by atoms with Crippen LogP contribution in [0.5, 0.6) is 0 Å². The Hall–Kier alpha value is -1.88. The lowest BCUT2D eigenvalue weighted by Gasteiger charge is -2.41. The van der Waals surface area contributed by atoms with Crippen LogP contribution in [0.3, 0.4) is 0 Å². The molecule has 2 aliphatic heterocycles. The van der Waals surface area contributed by atoms with Gasteiger partial charge in [-0.3, -0.25) is 9.59 Å². The Balaban J connectivity index is 1.35. The number of nitrogens with zero attached hydrogens (tertiary/aromatic N) is 2. The Kier molecular flexibility index (Phi) is 7.49. The van der Waals surface area contributed by atoms with E-state index < -0.39 is 0 Å². The van der Waals surface area contributed by atoms with Crippen LogP contribution in [0.2, 0.25) is 0 Å². The van der Waals surface area contributed by atoms with Crippen molar-refractivity contribution in [3.8, 4) is 0 Å². The molecule has 2 aliphatic rings. The molecule has 1 aromatic rings. The summed E-state index contributed by atoms with van der Waals surface area (Å²) < 4.78 is 0. The lowest BCUT2D eigenvalue weighted by molar-refractivity contribution is -0.136. The van der Waals surface area contributed by atoms with Gasteiger partial charge in [0.05, 0.1) is 0 Å². The average molecular weight is 386 g/mol. The Morgan fingerprint density at radius 3 is 2.25 bits per heavy atom. The van der Waals surface area contributed by atoms with Crippen LogP contribution in [-0.4, -0.2) is 60.4 Å². The maximum Gasteiger partial charge on any atom is 0.225 e. The molecular weight excluding hydrogens is 350 g/mol. The molecule has 0 saturated carbocycles. The van der Waals surface area contributed by atoms with E-state index in [2.05, 4.69) is 22.3 Å². The SMILES string of the molecule is CC(C)C(=O)N1CCC(N2CCC(C(=O)NCCc3ccccc3)CC2)CC1. The Labute approximate surface area is 169 Å². The van der Waals surface area contributed by atoms with E-state index in [1.54, 1.807) is 0 Å². The van der Waals surface area contributed by atoms with Crippen molar-refractivity contribution in [2.45, 2.75) is 52.0 Å². The highest BCUT2D eigenvalue weighted by molar-refractivity contribution is 5.79. The number of likely N-dealkylation sites (tertiary alicyclic amines) is 2. The molecule has 0 spiro atoms. The van der Waals surface area contributed by atoms with Crippen molar-refractivity contribution in [3.05, 3.63) is 35.9 Å². The predicted octanol–water partition coefficient (Wildman–Crippen LogP) is 2.70. The fourth-order valence-corrected chi connectivity index (χ4v) is 4.46. The van der Waals surface area contributed by atoms with E-state index >= 15 is 0 Å². The first kappa shape index (κ1) is 20.8. The molecule has 2 heterocycles. The zero-order valence-electron chi connectivity index (χ0n) is 17.4. The van der Waals surface area contributed by atoms with Gasteiger partial charge in [-0.25, -0.2) is 0 Å². The summed E-state index contributed by atoms with van der Waals surface area (Å²) >= 11 is 0. The third-order valence-corrected chi connectivity index (χ3v) is 6.24. The summed E-state index contributed by atoms with van der Waals surface area (Å²) in [5.41, 5.74) is 1.26. The van der Waals surface area contributed by atoms with Crippen LogP contribution in [0.25, 0.3) is 0 Å². The smallest absolute Gasteiger partial charge is 0.225 e. The maximum absolute atomic E-state index is 12.5. The lowest BCUT2D eigenvalue weighted by atomic mass is 9.92. The van der Waals surface area contributed by atoms with Crippen LogP contribution in [0.1, 0.15) is 45.1 Å². The van der Waals surface area contributed by atoms with E-state index in [4.69, 9.17) is 0 Å². The van der Waals surface area contributed by atoms with E-state index in [0.717, 1.165) is 58.3 Å². The lowest BCUT2D eigenvalue weighted by Crippen LogP contribution is -2.50. The Bertz CT molecular complexity index is 631. The monoisotopic (exact) mass is 385 g/mol. The summed E-state index contributed by atoms with van der Waals surface area (Å²) in [5, 5.41) is 3.12. The molecule has 0 bridgehead atoms. The van der Waals surface area contributed by atoms with Gasteiger partial charge in [0, 0.05) is 37.5 Å². The second kappa shape index (κ2) is 10.1. The van der Waals surface area contributed by atoms with Gasteiger partial charge in [-0.1, -0.05) is 44.2 Å². The first-order chi connectivity index (χ1) is 13.5. The van der Waals surface area contributed by atoms with Crippen LogP contribution in [-0.2, 0) is 16.0 Å². The zero-order valence-corrected chi connectivity index (χ0v) is 17.4. The van der Waals surface area contributed by atoms with Gasteiger partial charge < -0.3 is 15.1 Å². The average Bonchev–Trinajstić information content (AvgIpc) is 2.74. The number of piperidine rings is 2. The van der Waals surface area contributed by atoms with E-state index in [1.807, 2.05) is 36.9 Å². The van der Waals surface area contributed by atoms with Gasteiger partial charge in [-0.2, -0.15) is 0 Å². The van der Waals surface area contributed by atoms with Gasteiger partial charge in [-0.05, 0) is 50.8 Å². The third-order valence-electron chi connectivity index (χ3n) is 6.24. The third kappa shape index (κ3) is 5.57. The van der Waals surface area contributed by atoms with Crippen LogP contribution < -0.4 is 5.32 Å². The molecule has 2 fully saturated rings. The first-order valence-corrected chi connectivity index (χ1v) is 10.9. The highest BCUT2D eigenvalue weighted by atomic mass is 16.2. The molecule has 5 nitrogen and oxygen atoms in total. The van der Waals surface area contributed by atoms with Crippen LogP contribution in [0.15, 0.2) is 30.3 Å². The van der Waals surface area contributed by atoms with E-state index in [9.17, 15) is 9.59 Å². The summed E-state index contributed by atoms with van der Waals surface area (Å²) in [6.07, 6.45) is 4.91. The summed E-state index contributed by atoms with van der Waals surface area (Å²) in [7, 11) is 0. The quantitative estimate of drug-likeness (QED) is 0.819. The van der Waals surface area contributed by atoms with Crippen molar-refractivity contribution >= 4 is 11.8 Å². The fraction of sp³-hybridized carbons (Fsp3) is 0.652. The molecule has 3 rings (SSSR count). The van der Waals surface area contributed by atoms with E-state index in [-0.39, 0.29) is 23.7 Å². The molecule has 154 valence electrons. The normalized spacial score (nSPS) is 19.8. The number of rotatable bonds is 6. The summed E-state index contributed by atoms with van der Waals surface area (Å²) in [4.78, 5) is 29.2. The van der Waals surface area contributed by atoms with Crippen LogP contribution >= 0.6 is 0 Å². The van der Waals surface area contributed by atoms with Gasteiger partial charge in [0.1, 0.15) is 0 Å². The van der Waals surface area contributed by atoms with Gasteiger partial charge >= 0.3 is 0 Å². The minimum absolute atomic E-state index is 0.0905. The highest BCUT2D eigenvalue weighted by Gasteiger charge is 2.31. The molecular formula is C23H35N3O2. The largest absolute Gasteiger partial charge is 0.356 e. The Morgan fingerprint density at radius 2 is 1.64 bits per heavy atom. The molecule has 0 atom stereocenters. The summed E-state index contributed by atoms with van der Waals surface area (Å²) in [6, 6.07) is 10.9. The topological polar surface area (TPSA) is 52.7 Å². The Morgan fingerprint density at radius 1 is 1.00 bits per heavy atom. The minimum Gasteiger partial charge on any atom is -0.356 e. The highest BCUT2D eigenvalue weighted by Crippen LogP contribution is 2.24. The fourth-order valence-electron chi connectivity index (χ4n) is 4.46. The molecule has 1 aromatic carbocycles. The maximum atomic E-state index is 12.5. The van der Waals surface area contributed by atoms with Gasteiger partial charge in [-0.15, -0.1) is 0 Å². The second-order valence-electron chi connectivity index (χ2n) is 8.55. The molecule has 0 radical (unpaired) electrons. The number of hydrogen-bond donors (Lipinski definition) is 1. The van der Waals surface area contributed by atoms with Gasteiger partial charge in [0.25, 0.3) is 0 Å². The van der Waals surface area contributed by atoms with E-state index in [1.165, 1.54) is 5.56 Å². The molecule has 5 heteroatoms. The predicted molar refractivity (Wildman–Crippen MR) is 112 cm³/mol. The van der Waals surface area contributed by atoms with Crippen molar-refractivity contribution < 1.29 is 9.59 Å². The number of carbonyl (C=O) groups is 2. The summed E-state index contributed by atoms with van der Waals surface area (Å²) in [5.74, 6) is 0.736. The van der Waals surface area contributed by atoms with Crippen molar-refractivity contribution in [3.63, 3.8) is 0 Å². The summed E-state index contributed by atoms with van der Waals surface area (Å²) in [6.45, 7) is 8.42. The zero-order chi connectivity index (χ0) is 19.9. The molecule has 1 N–H and O–H groups in total. The minimum atomic E-state index is 0.0905. The number of amides is 2. The molecule has 2 amide bonds. The van der Waals surface area contributed by atoms with Crippen molar-refractivity contribution in [1.29, 1.82) is 0 Å². The van der Waals surface area contributed by atoms with Crippen molar-refractivity contribution in [2.75, 3.05) is 32.7 Å². The first-order valence-electron chi connectivity index (χ1n) is 10.9.